The predicted octanol–water partition coefficient (Wildman–Crippen LogP) is 1.98. The van der Waals surface area contributed by atoms with Gasteiger partial charge in [0.25, 0.3) is 8.32 Å². The number of hydrogen-bond acceptors (Lipinski definition) is 4. The van der Waals surface area contributed by atoms with Crippen LogP contribution < -0.4 is 10.4 Å². The van der Waals surface area contributed by atoms with Crippen LogP contribution in [0.5, 0.6) is 0 Å². The largest absolute Gasteiger partial charge is 0.404 e. The third-order valence-electron chi connectivity index (χ3n) is 6.33. The van der Waals surface area contributed by atoms with Gasteiger partial charge in [-0.2, -0.15) is 0 Å². The van der Waals surface area contributed by atoms with Crippen molar-refractivity contribution in [3.63, 3.8) is 0 Å². The fourth-order valence-electron chi connectivity index (χ4n) is 4.83. The number of fused-ring (bicyclic) bond motifs is 2. The average molecular weight is 408 g/mol. The fourth-order valence-corrected chi connectivity index (χ4v) is 9.45. The predicted molar refractivity (Wildman–Crippen MR) is 117 cm³/mol. The van der Waals surface area contributed by atoms with Crippen molar-refractivity contribution in [1.82, 2.24) is 0 Å². The minimum absolute atomic E-state index is 0.136. The molecule has 2 heterocycles. The molecule has 29 heavy (non-hydrogen) atoms. The van der Waals surface area contributed by atoms with Crippen LogP contribution in [-0.4, -0.2) is 58.3 Å². The van der Waals surface area contributed by atoms with Crippen molar-refractivity contribution in [2.75, 3.05) is 13.2 Å². The van der Waals surface area contributed by atoms with Crippen LogP contribution in [0.15, 0.2) is 60.7 Å². The van der Waals surface area contributed by atoms with E-state index in [4.69, 9.17) is 21.7 Å². The zero-order valence-corrected chi connectivity index (χ0v) is 18.4. The molecule has 2 aromatic rings. The number of benzene rings is 2. The first kappa shape index (κ1) is 20.8. The molecular formula is C23H29BO4Si. The summed E-state index contributed by atoms with van der Waals surface area (Å²) in [6, 6.07) is 20.3. The van der Waals surface area contributed by atoms with Gasteiger partial charge < -0.3 is 19.0 Å². The molecule has 6 heteroatoms. The van der Waals surface area contributed by atoms with Crippen molar-refractivity contribution < 1.29 is 19.0 Å². The normalized spacial score (nSPS) is 29.7. The summed E-state index contributed by atoms with van der Waals surface area (Å²) >= 11 is 0. The third-order valence-corrected chi connectivity index (χ3v) is 11.3. The van der Waals surface area contributed by atoms with Crippen LogP contribution in [0.1, 0.15) is 27.2 Å². The lowest BCUT2D eigenvalue weighted by Crippen LogP contribution is -2.68. The highest BCUT2D eigenvalue weighted by Crippen LogP contribution is 2.42. The highest BCUT2D eigenvalue weighted by molar-refractivity contribution is 6.99. The van der Waals surface area contributed by atoms with Gasteiger partial charge in [0, 0.05) is 12.4 Å². The molecular weight excluding hydrogens is 379 g/mol. The van der Waals surface area contributed by atoms with Crippen LogP contribution in [0.4, 0.5) is 0 Å². The molecule has 2 fully saturated rings. The first-order chi connectivity index (χ1) is 13.8. The van der Waals surface area contributed by atoms with E-state index < -0.39 is 32.1 Å². The van der Waals surface area contributed by atoms with Gasteiger partial charge in [-0.25, -0.2) is 0 Å². The maximum atomic E-state index is 10.9. The lowest BCUT2D eigenvalue weighted by atomic mass is 9.86. The van der Waals surface area contributed by atoms with Gasteiger partial charge in [0.15, 0.2) is 0 Å². The summed E-state index contributed by atoms with van der Waals surface area (Å²) < 4.78 is 18.7. The van der Waals surface area contributed by atoms with Crippen molar-refractivity contribution >= 4 is 26.5 Å². The Morgan fingerprint density at radius 1 is 1.07 bits per heavy atom. The topological polar surface area (TPSA) is 47.9 Å². The lowest BCUT2D eigenvalue weighted by Gasteiger charge is -2.46. The molecule has 4 atom stereocenters. The second-order valence-electron chi connectivity index (χ2n) is 9.13. The van der Waals surface area contributed by atoms with E-state index in [1.165, 1.54) is 10.4 Å². The summed E-state index contributed by atoms with van der Waals surface area (Å²) in [5, 5.41) is 13.1. The van der Waals surface area contributed by atoms with Crippen LogP contribution in [0.2, 0.25) is 5.04 Å². The Kier molecular flexibility index (Phi) is 5.51. The quantitative estimate of drug-likeness (QED) is 0.769. The molecule has 0 aliphatic carbocycles. The first-order valence-electron chi connectivity index (χ1n) is 10.3. The van der Waals surface area contributed by atoms with Gasteiger partial charge in [0.2, 0.25) is 0 Å². The van der Waals surface area contributed by atoms with Crippen LogP contribution in [-0.2, 0) is 13.9 Å². The molecule has 0 saturated carbocycles. The van der Waals surface area contributed by atoms with Crippen LogP contribution >= 0.6 is 0 Å². The van der Waals surface area contributed by atoms with E-state index in [9.17, 15) is 5.11 Å². The molecule has 2 saturated heterocycles. The van der Waals surface area contributed by atoms with Crippen LogP contribution in [0, 0.1) is 0 Å². The van der Waals surface area contributed by atoms with Crippen molar-refractivity contribution in [2.45, 2.75) is 56.0 Å². The Hall–Kier alpha value is -1.44. The molecule has 1 N–H and O–H groups in total. The Morgan fingerprint density at radius 3 is 2.14 bits per heavy atom. The van der Waals surface area contributed by atoms with Gasteiger partial charge in [0.1, 0.15) is 25.7 Å². The van der Waals surface area contributed by atoms with Gasteiger partial charge in [-0.15, -0.1) is 0 Å². The van der Waals surface area contributed by atoms with Crippen LogP contribution in [0.25, 0.3) is 0 Å². The number of hydrogen-bond donors (Lipinski definition) is 1. The molecule has 2 aliphatic rings. The molecule has 4 nitrogen and oxygen atoms in total. The van der Waals surface area contributed by atoms with E-state index >= 15 is 0 Å². The van der Waals surface area contributed by atoms with E-state index in [-0.39, 0.29) is 11.6 Å². The molecule has 2 bridgehead atoms. The molecule has 2 aliphatic heterocycles. The van der Waals surface area contributed by atoms with Crippen molar-refractivity contribution in [1.29, 1.82) is 0 Å². The summed E-state index contributed by atoms with van der Waals surface area (Å²) in [6.07, 6.45) is -0.715. The van der Waals surface area contributed by atoms with E-state index in [0.717, 1.165) is 0 Å². The van der Waals surface area contributed by atoms with E-state index in [1.807, 2.05) is 12.1 Å². The zero-order chi connectivity index (χ0) is 20.7. The average Bonchev–Trinajstić information content (AvgIpc) is 2.83. The first-order valence-corrected chi connectivity index (χ1v) is 12.2. The summed E-state index contributed by atoms with van der Waals surface area (Å²) in [5.41, 5.74) is -0.824. The molecule has 4 rings (SSSR count). The zero-order valence-electron chi connectivity index (χ0n) is 17.4. The summed E-state index contributed by atoms with van der Waals surface area (Å²) in [7, 11) is 3.39. The van der Waals surface area contributed by atoms with Gasteiger partial charge in [-0.1, -0.05) is 81.4 Å². The lowest BCUT2D eigenvalue weighted by molar-refractivity contribution is -0.135. The van der Waals surface area contributed by atoms with Crippen molar-refractivity contribution in [3.8, 4) is 0 Å². The summed E-state index contributed by atoms with van der Waals surface area (Å²) in [5.74, 6) is 0. The number of rotatable bonds is 5. The third kappa shape index (κ3) is 3.41. The summed E-state index contributed by atoms with van der Waals surface area (Å²) in [4.78, 5) is 0. The van der Waals surface area contributed by atoms with Gasteiger partial charge in [-0.3, -0.25) is 0 Å². The maximum absolute atomic E-state index is 10.9. The maximum Gasteiger partial charge on any atom is 0.261 e. The molecule has 0 aromatic heterocycles. The van der Waals surface area contributed by atoms with Crippen molar-refractivity contribution in [2.24, 2.45) is 0 Å². The number of aliphatic hydroxyl groups is 1. The second-order valence-corrected chi connectivity index (χ2v) is 13.4. The van der Waals surface area contributed by atoms with E-state index in [1.54, 1.807) is 0 Å². The second kappa shape index (κ2) is 7.67. The number of ether oxygens (including phenoxy) is 2. The Labute approximate surface area is 175 Å². The van der Waals surface area contributed by atoms with E-state index in [0.29, 0.717) is 13.0 Å². The minimum atomic E-state index is -2.70. The highest BCUT2D eigenvalue weighted by atomic mass is 28.4. The summed E-state index contributed by atoms with van der Waals surface area (Å²) in [6.45, 7) is 7.51. The molecule has 2 aromatic carbocycles. The molecule has 2 radical (unpaired) electrons. The fraction of sp³-hybridized carbons (Fsp3) is 0.478. The molecule has 0 spiro atoms. The van der Waals surface area contributed by atoms with Gasteiger partial charge in [-0.05, 0) is 15.4 Å². The standard InChI is InChI=1S/C23H29BO4Si/c1-22(2,3)29(17-10-6-4-7-11-17,18-12-8-5-9-13-18)27-16-23-14-15-26-19(20(23)25)21(24)28-23/h4-13,19-21,25H,14-16H2,1-3H3/t19-,20+,21-,23-/m1/s1. The minimum Gasteiger partial charge on any atom is -0.404 e. The van der Waals surface area contributed by atoms with Crippen molar-refractivity contribution in [3.05, 3.63) is 60.7 Å². The monoisotopic (exact) mass is 408 g/mol. The Balaban J connectivity index is 1.77. The highest BCUT2D eigenvalue weighted by Gasteiger charge is 2.58. The van der Waals surface area contributed by atoms with Gasteiger partial charge >= 0.3 is 0 Å². The molecule has 0 amide bonds. The molecule has 0 unspecified atom stereocenters. The smallest absolute Gasteiger partial charge is 0.261 e. The molecule has 152 valence electrons. The SMILES string of the molecule is [B][C@@H]1O[C@@]2(CO[Si](c3ccccc3)(c3ccccc3)C(C)(C)C)CCO[C@@H]1[C@@H]2O. The Bertz CT molecular complexity index is 786. The Morgan fingerprint density at radius 2 is 1.62 bits per heavy atom. The number of aliphatic hydroxyl groups excluding tert-OH is 1. The van der Waals surface area contributed by atoms with Gasteiger partial charge in [0.05, 0.1) is 13.2 Å². The van der Waals surface area contributed by atoms with E-state index in [2.05, 4.69) is 69.3 Å². The van der Waals surface area contributed by atoms with Crippen LogP contribution in [0.3, 0.4) is 0 Å².